The van der Waals surface area contributed by atoms with Gasteiger partial charge in [-0.3, -0.25) is 4.79 Å². The summed E-state index contributed by atoms with van der Waals surface area (Å²) in [5.41, 5.74) is 0. The summed E-state index contributed by atoms with van der Waals surface area (Å²) < 4.78 is 0. The second kappa shape index (κ2) is 2.98. The lowest BCUT2D eigenvalue weighted by Crippen LogP contribution is -2.45. The van der Waals surface area contributed by atoms with Crippen molar-refractivity contribution in [3.05, 3.63) is 0 Å². The molecule has 1 amide bonds. The van der Waals surface area contributed by atoms with Crippen molar-refractivity contribution in [2.45, 2.75) is 45.1 Å². The lowest BCUT2D eigenvalue weighted by atomic mass is 9.70. The summed E-state index contributed by atoms with van der Waals surface area (Å²) in [6.45, 7) is 1.66. The van der Waals surface area contributed by atoms with Gasteiger partial charge < -0.3 is 5.32 Å². The molecule has 14 heavy (non-hydrogen) atoms. The van der Waals surface area contributed by atoms with Crippen molar-refractivity contribution in [3.8, 4) is 0 Å². The maximum atomic E-state index is 11.1. The van der Waals surface area contributed by atoms with Crippen molar-refractivity contribution >= 4 is 5.91 Å². The quantitative estimate of drug-likeness (QED) is 0.677. The zero-order chi connectivity index (χ0) is 9.71. The molecule has 3 rings (SSSR count). The van der Waals surface area contributed by atoms with E-state index < -0.39 is 0 Å². The van der Waals surface area contributed by atoms with Crippen LogP contribution in [-0.4, -0.2) is 11.9 Å². The molecule has 0 saturated heterocycles. The molecule has 0 aliphatic heterocycles. The average Bonchev–Trinajstić information content (AvgIpc) is 2.32. The van der Waals surface area contributed by atoms with Crippen molar-refractivity contribution in [1.29, 1.82) is 0 Å². The van der Waals surface area contributed by atoms with Gasteiger partial charge in [0, 0.05) is 13.0 Å². The molecule has 78 valence electrons. The molecule has 3 fully saturated rings. The Kier molecular flexibility index (Phi) is 1.86. The molecule has 0 aromatic carbocycles. The summed E-state index contributed by atoms with van der Waals surface area (Å²) in [5.74, 6) is 3.86. The Bertz CT molecular complexity index is 261. The first-order valence-corrected chi connectivity index (χ1v) is 5.99. The topological polar surface area (TPSA) is 29.1 Å². The zero-order valence-electron chi connectivity index (χ0n) is 8.83. The third-order valence-electron chi connectivity index (χ3n) is 4.64. The van der Waals surface area contributed by atoms with E-state index in [1.807, 2.05) is 0 Å². The molecule has 3 saturated carbocycles. The van der Waals surface area contributed by atoms with Gasteiger partial charge in [0.05, 0.1) is 0 Å². The molecule has 1 N–H and O–H groups in total. The number of carbonyl (C=O) groups is 1. The first-order chi connectivity index (χ1) is 6.72. The SMILES string of the molecule is CC(=O)NC1CC2CC3CC(C2)C1C3. The first kappa shape index (κ1) is 8.75. The highest BCUT2D eigenvalue weighted by atomic mass is 16.1. The highest BCUT2D eigenvalue weighted by Crippen LogP contribution is 2.54. The predicted octanol–water partition coefficient (Wildman–Crippen LogP) is 1.95. The van der Waals surface area contributed by atoms with E-state index >= 15 is 0 Å². The fourth-order valence-corrected chi connectivity index (χ4v) is 4.38. The van der Waals surface area contributed by atoms with Gasteiger partial charge in [-0.2, -0.15) is 0 Å². The minimum absolute atomic E-state index is 0.166. The Hall–Kier alpha value is -0.530. The highest BCUT2D eigenvalue weighted by molar-refractivity contribution is 5.73. The van der Waals surface area contributed by atoms with Crippen LogP contribution in [0.25, 0.3) is 0 Å². The van der Waals surface area contributed by atoms with Gasteiger partial charge in [0.1, 0.15) is 0 Å². The van der Waals surface area contributed by atoms with Crippen LogP contribution in [0, 0.1) is 23.7 Å². The Morgan fingerprint density at radius 3 is 2.50 bits per heavy atom. The molecule has 2 heteroatoms. The van der Waals surface area contributed by atoms with Gasteiger partial charge in [-0.05, 0) is 55.8 Å². The largest absolute Gasteiger partial charge is 0.353 e. The fourth-order valence-electron chi connectivity index (χ4n) is 4.38. The molecule has 0 radical (unpaired) electrons. The third kappa shape index (κ3) is 1.27. The number of rotatable bonds is 1. The number of hydrogen-bond acceptors (Lipinski definition) is 1. The summed E-state index contributed by atoms with van der Waals surface area (Å²) in [6, 6.07) is 0.517. The van der Waals surface area contributed by atoms with Crippen molar-refractivity contribution in [3.63, 3.8) is 0 Å². The van der Waals surface area contributed by atoms with Gasteiger partial charge >= 0.3 is 0 Å². The molecular formula is C12H19NO. The van der Waals surface area contributed by atoms with Crippen LogP contribution < -0.4 is 5.32 Å². The van der Waals surface area contributed by atoms with Crippen LogP contribution in [0.2, 0.25) is 0 Å². The van der Waals surface area contributed by atoms with Crippen LogP contribution in [0.3, 0.4) is 0 Å². The lowest BCUT2D eigenvalue weighted by Gasteiger charge is -2.39. The Morgan fingerprint density at radius 2 is 1.79 bits per heavy atom. The minimum atomic E-state index is 0.166. The zero-order valence-corrected chi connectivity index (χ0v) is 8.83. The fraction of sp³-hybridized carbons (Fsp3) is 0.917. The van der Waals surface area contributed by atoms with E-state index in [2.05, 4.69) is 5.32 Å². The van der Waals surface area contributed by atoms with Crippen LogP contribution in [-0.2, 0) is 4.79 Å². The van der Waals surface area contributed by atoms with Crippen molar-refractivity contribution < 1.29 is 4.79 Å². The van der Waals surface area contributed by atoms with Crippen molar-refractivity contribution in [2.24, 2.45) is 23.7 Å². The molecule has 0 aromatic rings. The second-order valence-corrected chi connectivity index (χ2v) is 5.64. The lowest BCUT2D eigenvalue weighted by molar-refractivity contribution is -0.120. The summed E-state index contributed by atoms with van der Waals surface area (Å²) in [5, 5.41) is 3.17. The number of amides is 1. The van der Waals surface area contributed by atoms with Gasteiger partial charge in [0.25, 0.3) is 0 Å². The van der Waals surface area contributed by atoms with Crippen molar-refractivity contribution in [2.75, 3.05) is 0 Å². The molecule has 0 heterocycles. The molecular weight excluding hydrogens is 174 g/mol. The molecule has 5 atom stereocenters. The predicted molar refractivity (Wildman–Crippen MR) is 54.6 cm³/mol. The van der Waals surface area contributed by atoms with Crippen LogP contribution in [0.1, 0.15) is 39.0 Å². The Labute approximate surface area is 85.4 Å². The second-order valence-electron chi connectivity index (χ2n) is 5.64. The van der Waals surface area contributed by atoms with E-state index in [4.69, 9.17) is 0 Å². The van der Waals surface area contributed by atoms with Gasteiger partial charge in [-0.25, -0.2) is 0 Å². The summed E-state index contributed by atoms with van der Waals surface area (Å²) in [4.78, 5) is 11.1. The summed E-state index contributed by atoms with van der Waals surface area (Å²) in [7, 11) is 0. The van der Waals surface area contributed by atoms with Gasteiger partial charge in [-0.1, -0.05) is 0 Å². The Balaban J connectivity index is 1.79. The van der Waals surface area contributed by atoms with E-state index in [1.54, 1.807) is 6.92 Å². The van der Waals surface area contributed by atoms with E-state index in [-0.39, 0.29) is 5.91 Å². The van der Waals surface area contributed by atoms with Crippen LogP contribution in [0.5, 0.6) is 0 Å². The standard InChI is InChI=1S/C12H19NO/c1-7(14)13-12-6-9-2-8-3-10(4-9)11(12)5-8/h8-12H,2-6H2,1H3,(H,13,14). The van der Waals surface area contributed by atoms with E-state index in [0.29, 0.717) is 6.04 Å². The molecule has 3 aliphatic rings. The number of nitrogens with one attached hydrogen (secondary N) is 1. The maximum Gasteiger partial charge on any atom is 0.217 e. The normalized spacial score (nSPS) is 49.4. The smallest absolute Gasteiger partial charge is 0.217 e. The van der Waals surface area contributed by atoms with Gasteiger partial charge in [0.15, 0.2) is 0 Å². The van der Waals surface area contributed by atoms with Gasteiger partial charge in [0.2, 0.25) is 5.91 Å². The molecule has 2 nitrogen and oxygen atoms in total. The first-order valence-electron chi connectivity index (χ1n) is 5.99. The minimum Gasteiger partial charge on any atom is -0.353 e. The number of hydrogen-bond donors (Lipinski definition) is 1. The third-order valence-corrected chi connectivity index (χ3v) is 4.64. The number of carbonyl (C=O) groups excluding carboxylic acids is 1. The maximum absolute atomic E-state index is 11.1. The summed E-state index contributed by atoms with van der Waals surface area (Å²) in [6.07, 6.45) is 7.01. The molecule has 5 unspecified atom stereocenters. The number of fused-ring (bicyclic) bond motifs is 2. The monoisotopic (exact) mass is 193 g/mol. The molecule has 0 aromatic heterocycles. The molecule has 3 bridgehead atoms. The molecule has 3 aliphatic carbocycles. The highest BCUT2D eigenvalue weighted by Gasteiger charge is 2.48. The van der Waals surface area contributed by atoms with Crippen LogP contribution in [0.4, 0.5) is 0 Å². The summed E-state index contributed by atoms with van der Waals surface area (Å²) >= 11 is 0. The van der Waals surface area contributed by atoms with E-state index in [1.165, 1.54) is 32.1 Å². The van der Waals surface area contributed by atoms with Crippen LogP contribution >= 0.6 is 0 Å². The Morgan fingerprint density at radius 1 is 1.07 bits per heavy atom. The van der Waals surface area contributed by atoms with Gasteiger partial charge in [-0.15, -0.1) is 0 Å². The van der Waals surface area contributed by atoms with E-state index in [0.717, 1.165) is 23.7 Å². The molecule has 0 spiro atoms. The van der Waals surface area contributed by atoms with Crippen LogP contribution in [0.15, 0.2) is 0 Å². The van der Waals surface area contributed by atoms with E-state index in [9.17, 15) is 4.79 Å². The van der Waals surface area contributed by atoms with Crippen molar-refractivity contribution in [1.82, 2.24) is 5.32 Å². The average molecular weight is 193 g/mol.